The molecule has 2 N–H and O–H groups in total. The molecule has 0 aliphatic rings. The van der Waals surface area contributed by atoms with E-state index in [4.69, 9.17) is 19.9 Å². The van der Waals surface area contributed by atoms with Gasteiger partial charge >= 0.3 is 0 Å². The summed E-state index contributed by atoms with van der Waals surface area (Å²) >= 11 is 0. The van der Waals surface area contributed by atoms with E-state index >= 15 is 0 Å². The zero-order chi connectivity index (χ0) is 16.0. The maximum absolute atomic E-state index is 5.71. The average Bonchev–Trinajstić information content (AvgIpc) is 2.43. The molecule has 1 aromatic rings. The van der Waals surface area contributed by atoms with Crippen molar-refractivity contribution in [3.05, 3.63) is 17.2 Å². The monoisotopic (exact) mass is 307 g/mol. The van der Waals surface area contributed by atoms with Crippen LogP contribution in [-0.4, -0.2) is 35.9 Å². The zero-order valence-corrected chi connectivity index (χ0v) is 14.8. The molecule has 0 aliphatic heterocycles. The molecule has 0 bridgehead atoms. The predicted molar refractivity (Wildman–Crippen MR) is 89.1 cm³/mol. The highest BCUT2D eigenvalue weighted by Crippen LogP contribution is 2.41. The number of hydrogen-bond donors (Lipinski definition) is 1. The van der Waals surface area contributed by atoms with Gasteiger partial charge in [-0.05, 0) is 24.6 Å². The summed E-state index contributed by atoms with van der Waals surface area (Å²) in [4.78, 5) is 0. The normalized spacial score (nSPS) is 10.6. The molecular weight excluding hydrogens is 282 g/mol. The van der Waals surface area contributed by atoms with Crippen molar-refractivity contribution in [1.82, 2.24) is 0 Å². The fraction of sp³-hybridized carbons (Fsp3) is 0.500. The van der Waals surface area contributed by atoms with E-state index in [0.29, 0.717) is 30.2 Å². The molecule has 5 heteroatoms. The van der Waals surface area contributed by atoms with Crippen LogP contribution >= 0.6 is 0 Å². The van der Waals surface area contributed by atoms with Gasteiger partial charge in [0.15, 0.2) is 11.5 Å². The summed E-state index contributed by atoms with van der Waals surface area (Å²) in [6, 6.07) is 1.93. The lowest BCUT2D eigenvalue weighted by Gasteiger charge is -2.17. The van der Waals surface area contributed by atoms with Crippen LogP contribution in [0.15, 0.2) is 6.07 Å². The summed E-state index contributed by atoms with van der Waals surface area (Å²) in [7, 11) is 3.33. The Morgan fingerprint density at radius 3 is 2.10 bits per heavy atom. The minimum Gasteiger partial charge on any atom is -0.493 e. The van der Waals surface area contributed by atoms with E-state index in [0.717, 1.165) is 11.1 Å². The van der Waals surface area contributed by atoms with Crippen molar-refractivity contribution >= 4 is 8.07 Å². The molecule has 0 fully saturated rings. The van der Waals surface area contributed by atoms with Gasteiger partial charge in [-0.25, -0.2) is 0 Å². The number of rotatable bonds is 5. The van der Waals surface area contributed by atoms with Crippen molar-refractivity contribution in [3.63, 3.8) is 0 Å². The van der Waals surface area contributed by atoms with E-state index in [1.54, 1.807) is 21.3 Å². The molecule has 0 amide bonds. The number of nitrogens with two attached hydrogens (primary N) is 1. The highest BCUT2D eigenvalue weighted by atomic mass is 28.3. The maximum atomic E-state index is 5.71. The first-order valence-corrected chi connectivity index (χ1v) is 10.4. The predicted octanol–water partition coefficient (Wildman–Crippen LogP) is 2.44. The first kappa shape index (κ1) is 17.4. The Morgan fingerprint density at radius 1 is 1.05 bits per heavy atom. The van der Waals surface area contributed by atoms with E-state index in [2.05, 4.69) is 31.1 Å². The molecule has 0 aliphatic carbocycles. The van der Waals surface area contributed by atoms with E-state index in [1.807, 2.05) is 6.07 Å². The van der Waals surface area contributed by atoms with E-state index < -0.39 is 8.07 Å². The molecule has 1 rings (SSSR count). The Balaban J connectivity index is 3.58. The number of benzene rings is 1. The standard InChI is InChI=1S/C16H25NO3Si/c1-18-14-11-12(7-9-17)13(8-10-21(4,5)6)15(19-2)16(14)20-3/h11H,7,9,17H2,1-6H3. The van der Waals surface area contributed by atoms with Crippen LogP contribution in [0.1, 0.15) is 11.1 Å². The van der Waals surface area contributed by atoms with Gasteiger partial charge in [0.25, 0.3) is 0 Å². The highest BCUT2D eigenvalue weighted by molar-refractivity contribution is 6.83. The minimum atomic E-state index is -1.49. The Bertz CT molecular complexity index is 553. The number of ether oxygens (including phenoxy) is 3. The third-order valence-electron chi connectivity index (χ3n) is 2.89. The summed E-state index contributed by atoms with van der Waals surface area (Å²) in [5.41, 5.74) is 11.0. The largest absolute Gasteiger partial charge is 0.493 e. The molecule has 0 saturated carbocycles. The quantitative estimate of drug-likeness (QED) is 0.670. The topological polar surface area (TPSA) is 53.7 Å². The molecule has 1 aromatic carbocycles. The van der Waals surface area contributed by atoms with Crippen LogP contribution in [0.2, 0.25) is 19.6 Å². The van der Waals surface area contributed by atoms with Crippen LogP contribution in [0.4, 0.5) is 0 Å². The molecule has 0 radical (unpaired) electrons. The van der Waals surface area contributed by atoms with Gasteiger partial charge in [-0.2, -0.15) is 0 Å². The summed E-state index contributed by atoms with van der Waals surface area (Å²) in [5.74, 6) is 5.10. The second-order valence-electron chi connectivity index (χ2n) is 5.72. The maximum Gasteiger partial charge on any atom is 0.204 e. The lowest BCUT2D eigenvalue weighted by atomic mass is 10.0. The Kier molecular flexibility index (Phi) is 6.13. The van der Waals surface area contributed by atoms with Crippen LogP contribution in [0.5, 0.6) is 17.2 Å². The van der Waals surface area contributed by atoms with Crippen LogP contribution in [0.3, 0.4) is 0 Å². The molecule has 0 heterocycles. The fourth-order valence-electron chi connectivity index (χ4n) is 1.95. The SMILES string of the molecule is COc1cc(CCN)c(C#C[Si](C)(C)C)c(OC)c1OC. The van der Waals surface area contributed by atoms with Gasteiger partial charge in [-0.3, -0.25) is 0 Å². The van der Waals surface area contributed by atoms with Gasteiger partial charge in [-0.15, -0.1) is 5.54 Å². The molecule has 21 heavy (non-hydrogen) atoms. The highest BCUT2D eigenvalue weighted by Gasteiger charge is 2.19. The lowest BCUT2D eigenvalue weighted by molar-refractivity contribution is 0.323. The zero-order valence-electron chi connectivity index (χ0n) is 13.8. The molecule has 0 aromatic heterocycles. The van der Waals surface area contributed by atoms with Crippen LogP contribution < -0.4 is 19.9 Å². The van der Waals surface area contributed by atoms with Crippen molar-refractivity contribution in [2.75, 3.05) is 27.9 Å². The van der Waals surface area contributed by atoms with Gasteiger partial charge in [0, 0.05) is 0 Å². The second-order valence-corrected chi connectivity index (χ2v) is 10.5. The molecule has 0 atom stereocenters. The van der Waals surface area contributed by atoms with Gasteiger partial charge in [0.1, 0.15) is 8.07 Å². The third kappa shape index (κ3) is 4.41. The Labute approximate surface area is 128 Å². The van der Waals surface area contributed by atoms with E-state index in [1.165, 1.54) is 0 Å². The fourth-order valence-corrected chi connectivity index (χ4v) is 2.45. The van der Waals surface area contributed by atoms with Gasteiger partial charge in [0.2, 0.25) is 5.75 Å². The average molecular weight is 307 g/mol. The second kappa shape index (κ2) is 7.39. The van der Waals surface area contributed by atoms with E-state index in [-0.39, 0.29) is 0 Å². The van der Waals surface area contributed by atoms with Crippen LogP contribution in [-0.2, 0) is 6.42 Å². The summed E-state index contributed by atoms with van der Waals surface area (Å²) in [5, 5.41) is 0. The number of hydrogen-bond acceptors (Lipinski definition) is 4. The summed E-state index contributed by atoms with van der Waals surface area (Å²) < 4.78 is 16.3. The van der Waals surface area contributed by atoms with Crippen molar-refractivity contribution < 1.29 is 14.2 Å². The van der Waals surface area contributed by atoms with Crippen LogP contribution in [0.25, 0.3) is 0 Å². The summed E-state index contributed by atoms with van der Waals surface area (Å²) in [6.45, 7) is 7.15. The molecule has 0 spiro atoms. The lowest BCUT2D eigenvalue weighted by Crippen LogP contribution is -2.16. The third-order valence-corrected chi connectivity index (χ3v) is 3.76. The molecule has 4 nitrogen and oxygen atoms in total. The number of methoxy groups -OCH3 is 3. The first-order valence-electron chi connectivity index (χ1n) is 6.93. The van der Waals surface area contributed by atoms with Gasteiger partial charge < -0.3 is 19.9 Å². The summed E-state index contributed by atoms with van der Waals surface area (Å²) in [6.07, 6.45) is 0.715. The molecule has 116 valence electrons. The molecule has 0 saturated heterocycles. The van der Waals surface area contributed by atoms with Crippen molar-refractivity contribution in [3.8, 4) is 28.7 Å². The van der Waals surface area contributed by atoms with Gasteiger partial charge in [0.05, 0.1) is 26.9 Å². The van der Waals surface area contributed by atoms with Crippen molar-refractivity contribution in [2.24, 2.45) is 5.73 Å². The molecular formula is C16H25NO3Si. The smallest absolute Gasteiger partial charge is 0.204 e. The van der Waals surface area contributed by atoms with Crippen molar-refractivity contribution in [1.29, 1.82) is 0 Å². The van der Waals surface area contributed by atoms with Crippen LogP contribution in [0, 0.1) is 11.5 Å². The first-order chi connectivity index (χ1) is 9.87. The molecule has 0 unspecified atom stereocenters. The van der Waals surface area contributed by atoms with E-state index in [9.17, 15) is 0 Å². The van der Waals surface area contributed by atoms with Crippen molar-refractivity contribution in [2.45, 2.75) is 26.1 Å². The Hall–Kier alpha value is -1.64. The minimum absolute atomic E-state index is 0.542. The Morgan fingerprint density at radius 2 is 1.67 bits per heavy atom. The van der Waals surface area contributed by atoms with Gasteiger partial charge in [-0.1, -0.05) is 25.6 Å².